The summed E-state index contributed by atoms with van der Waals surface area (Å²) in [6.07, 6.45) is 4.50. The van der Waals surface area contributed by atoms with E-state index in [-0.39, 0.29) is 22.8 Å². The van der Waals surface area contributed by atoms with Crippen LogP contribution in [0.3, 0.4) is 0 Å². The minimum absolute atomic E-state index is 0.0790. The van der Waals surface area contributed by atoms with Crippen LogP contribution >= 0.6 is 11.6 Å². The normalized spacial score (nSPS) is 14.5. The van der Waals surface area contributed by atoms with Gasteiger partial charge in [-0.1, -0.05) is 11.6 Å². The molecule has 0 saturated heterocycles. The van der Waals surface area contributed by atoms with Crippen molar-refractivity contribution in [2.75, 3.05) is 5.32 Å². The van der Waals surface area contributed by atoms with Crippen molar-refractivity contribution in [2.24, 2.45) is 0 Å². The molecular formula is C22H17ClF2N4O3. The van der Waals surface area contributed by atoms with Gasteiger partial charge in [-0.05, 0) is 48.7 Å². The number of fused-ring (bicyclic) bond motifs is 1. The molecule has 0 spiro atoms. The van der Waals surface area contributed by atoms with Crippen molar-refractivity contribution in [2.45, 2.75) is 25.5 Å². The molecule has 2 aromatic carbocycles. The summed E-state index contributed by atoms with van der Waals surface area (Å²) in [5.41, 5.74) is 1.78. The molecule has 7 nitrogen and oxygen atoms in total. The summed E-state index contributed by atoms with van der Waals surface area (Å²) in [5, 5.41) is 5.14. The fourth-order valence-electron chi connectivity index (χ4n) is 3.57. The lowest BCUT2D eigenvalue weighted by atomic mass is 10.0. The summed E-state index contributed by atoms with van der Waals surface area (Å²) < 4.78 is 33.1. The van der Waals surface area contributed by atoms with E-state index in [4.69, 9.17) is 16.3 Å². The lowest BCUT2D eigenvalue weighted by Gasteiger charge is -2.16. The summed E-state index contributed by atoms with van der Waals surface area (Å²) in [5.74, 6) is -1.62. The van der Waals surface area contributed by atoms with Gasteiger partial charge in [0.1, 0.15) is 18.2 Å². The van der Waals surface area contributed by atoms with Gasteiger partial charge in [-0.2, -0.15) is 0 Å². The Kier molecular flexibility index (Phi) is 6.27. The molecular weight excluding hydrogens is 442 g/mol. The molecule has 164 valence electrons. The molecule has 1 atom stereocenters. The lowest BCUT2D eigenvalue weighted by Crippen LogP contribution is -2.28. The van der Waals surface area contributed by atoms with Crippen LogP contribution in [-0.2, 0) is 17.8 Å². The molecule has 0 saturated carbocycles. The van der Waals surface area contributed by atoms with E-state index in [1.165, 1.54) is 42.9 Å². The molecule has 3 aromatic rings. The summed E-state index contributed by atoms with van der Waals surface area (Å²) >= 11 is 5.75. The number of amides is 2. The first-order valence-corrected chi connectivity index (χ1v) is 10.1. The quantitative estimate of drug-likeness (QED) is 0.584. The van der Waals surface area contributed by atoms with Crippen molar-refractivity contribution >= 4 is 29.3 Å². The van der Waals surface area contributed by atoms with Crippen LogP contribution in [0.4, 0.5) is 19.3 Å². The number of anilines is 1. The fraction of sp³-hybridized carbons (Fsp3) is 0.182. The second kappa shape index (κ2) is 9.27. The highest BCUT2D eigenvalue weighted by Gasteiger charge is 2.31. The predicted molar refractivity (Wildman–Crippen MR) is 112 cm³/mol. The molecule has 1 aliphatic carbocycles. The second-order valence-electron chi connectivity index (χ2n) is 7.08. The number of hydrogen-bond donors (Lipinski definition) is 2. The molecule has 0 unspecified atom stereocenters. The van der Waals surface area contributed by atoms with Gasteiger partial charge in [0.25, 0.3) is 5.91 Å². The molecule has 2 amide bonds. The highest BCUT2D eigenvalue weighted by Crippen LogP contribution is 2.36. The third-order valence-corrected chi connectivity index (χ3v) is 5.31. The number of aromatic nitrogens is 2. The number of carbonyl (C=O) groups is 2. The number of carbonyl (C=O) groups excluding carboxylic acids is 2. The number of alkyl carbamates (subject to hydrolysis) is 1. The first-order chi connectivity index (χ1) is 15.4. The first-order valence-electron chi connectivity index (χ1n) is 9.68. The van der Waals surface area contributed by atoms with E-state index in [1.54, 1.807) is 0 Å². The highest BCUT2D eigenvalue weighted by molar-refractivity contribution is 6.31. The Morgan fingerprint density at radius 1 is 1.16 bits per heavy atom. The number of benzene rings is 2. The molecule has 0 aliphatic heterocycles. The van der Waals surface area contributed by atoms with Crippen LogP contribution in [0.2, 0.25) is 5.02 Å². The maximum absolute atomic E-state index is 14.6. The third-order valence-electron chi connectivity index (χ3n) is 5.02. The Morgan fingerprint density at radius 3 is 2.72 bits per heavy atom. The minimum atomic E-state index is -0.733. The molecule has 32 heavy (non-hydrogen) atoms. The Bertz CT molecular complexity index is 1180. The van der Waals surface area contributed by atoms with Crippen LogP contribution in [-0.4, -0.2) is 22.0 Å². The van der Waals surface area contributed by atoms with Gasteiger partial charge >= 0.3 is 6.09 Å². The van der Waals surface area contributed by atoms with E-state index < -0.39 is 29.7 Å². The molecule has 4 rings (SSSR count). The number of nitrogens with one attached hydrogen (secondary N) is 2. The van der Waals surface area contributed by atoms with Crippen LogP contribution in [0.5, 0.6) is 0 Å². The van der Waals surface area contributed by atoms with Crippen LogP contribution in [0.1, 0.15) is 39.6 Å². The summed E-state index contributed by atoms with van der Waals surface area (Å²) in [4.78, 5) is 32.9. The number of hydrogen-bond acceptors (Lipinski definition) is 5. The Labute approximate surface area is 186 Å². The first kappa shape index (κ1) is 21.6. The number of rotatable bonds is 5. The third kappa shape index (κ3) is 4.67. The lowest BCUT2D eigenvalue weighted by molar-refractivity contribution is 0.102. The molecule has 0 fully saturated rings. The van der Waals surface area contributed by atoms with Crippen molar-refractivity contribution in [1.82, 2.24) is 15.3 Å². The number of ether oxygens (including phenoxy) is 1. The van der Waals surface area contributed by atoms with Crippen LogP contribution < -0.4 is 10.6 Å². The SMILES string of the molecule is O=C(N[C@H]1CCc2c(C(=O)Nc3ccc(F)c(Cl)c3)ccc(F)c21)OCc1cnccn1. The maximum Gasteiger partial charge on any atom is 0.408 e. The summed E-state index contributed by atoms with van der Waals surface area (Å²) in [7, 11) is 0. The zero-order valence-electron chi connectivity index (χ0n) is 16.6. The van der Waals surface area contributed by atoms with E-state index >= 15 is 0 Å². The second-order valence-corrected chi connectivity index (χ2v) is 7.49. The molecule has 1 aliphatic rings. The summed E-state index contributed by atoms with van der Waals surface area (Å²) in [6, 6.07) is 5.71. The van der Waals surface area contributed by atoms with Gasteiger partial charge in [0.2, 0.25) is 0 Å². The highest BCUT2D eigenvalue weighted by atomic mass is 35.5. The fourth-order valence-corrected chi connectivity index (χ4v) is 3.75. The topological polar surface area (TPSA) is 93.2 Å². The molecule has 1 aromatic heterocycles. The predicted octanol–water partition coefficient (Wildman–Crippen LogP) is 4.57. The van der Waals surface area contributed by atoms with Gasteiger partial charge in [0.05, 0.1) is 23.0 Å². The van der Waals surface area contributed by atoms with Gasteiger partial charge in [-0.15, -0.1) is 0 Å². The average molecular weight is 459 g/mol. The zero-order chi connectivity index (χ0) is 22.7. The molecule has 1 heterocycles. The molecule has 0 radical (unpaired) electrons. The number of halogens is 3. The Balaban J connectivity index is 1.47. The van der Waals surface area contributed by atoms with E-state index in [2.05, 4.69) is 20.6 Å². The van der Waals surface area contributed by atoms with E-state index in [0.29, 0.717) is 29.8 Å². The van der Waals surface area contributed by atoms with Gasteiger partial charge in [-0.3, -0.25) is 14.8 Å². The van der Waals surface area contributed by atoms with Crippen molar-refractivity contribution in [3.63, 3.8) is 0 Å². The van der Waals surface area contributed by atoms with Gasteiger partial charge < -0.3 is 15.4 Å². The largest absolute Gasteiger partial charge is 0.443 e. The standard InChI is InChI=1S/C22H17ClF2N4O3/c23-16-9-12(1-4-17(16)24)28-21(30)15-2-5-18(25)20-14(15)3-6-19(20)29-22(31)32-11-13-10-26-7-8-27-13/h1-2,4-5,7-10,19H,3,6,11H2,(H,28,30)(H,29,31)/t19-/m0/s1. The van der Waals surface area contributed by atoms with Crippen molar-refractivity contribution < 1.29 is 23.1 Å². The monoisotopic (exact) mass is 458 g/mol. The molecule has 10 heteroatoms. The van der Waals surface area contributed by atoms with Crippen LogP contribution in [0.15, 0.2) is 48.9 Å². The van der Waals surface area contributed by atoms with Crippen molar-refractivity contribution in [3.8, 4) is 0 Å². The summed E-state index contributed by atoms with van der Waals surface area (Å²) in [6.45, 7) is -0.0790. The Morgan fingerprint density at radius 2 is 1.97 bits per heavy atom. The molecule has 0 bridgehead atoms. The van der Waals surface area contributed by atoms with E-state index in [0.717, 1.165) is 6.07 Å². The van der Waals surface area contributed by atoms with Gasteiger partial charge in [0.15, 0.2) is 0 Å². The van der Waals surface area contributed by atoms with Crippen molar-refractivity contribution in [1.29, 1.82) is 0 Å². The van der Waals surface area contributed by atoms with Gasteiger partial charge in [0, 0.05) is 29.2 Å². The molecule has 2 N–H and O–H groups in total. The van der Waals surface area contributed by atoms with Crippen LogP contribution in [0, 0.1) is 11.6 Å². The van der Waals surface area contributed by atoms with Gasteiger partial charge in [-0.25, -0.2) is 13.6 Å². The average Bonchev–Trinajstić information content (AvgIpc) is 3.20. The van der Waals surface area contributed by atoms with E-state index in [1.807, 2.05) is 0 Å². The number of nitrogens with zero attached hydrogens (tertiary/aromatic N) is 2. The smallest absolute Gasteiger partial charge is 0.408 e. The maximum atomic E-state index is 14.6. The zero-order valence-corrected chi connectivity index (χ0v) is 17.3. The van der Waals surface area contributed by atoms with E-state index in [9.17, 15) is 18.4 Å². The van der Waals surface area contributed by atoms with Crippen LogP contribution in [0.25, 0.3) is 0 Å². The Hall–Kier alpha value is -3.59. The minimum Gasteiger partial charge on any atom is -0.443 e. The van der Waals surface area contributed by atoms with Crippen molar-refractivity contribution in [3.05, 3.63) is 88.0 Å².